The Morgan fingerprint density at radius 3 is 2.95 bits per heavy atom. The zero-order valence-corrected chi connectivity index (χ0v) is 12.4. The van der Waals surface area contributed by atoms with Crippen LogP contribution in [-0.4, -0.2) is 36.5 Å². The molecule has 1 fully saturated rings. The van der Waals surface area contributed by atoms with Gasteiger partial charge >= 0.3 is 0 Å². The molecule has 20 heavy (non-hydrogen) atoms. The van der Waals surface area contributed by atoms with E-state index in [9.17, 15) is 4.79 Å². The number of carbonyl (C=O) groups is 1. The molecule has 1 N–H and O–H groups in total. The molecule has 1 heterocycles. The Labute approximate surface area is 121 Å². The minimum Gasteiger partial charge on any atom is -0.492 e. The van der Waals surface area contributed by atoms with Crippen LogP contribution in [0.25, 0.3) is 0 Å². The average Bonchev–Trinajstić information content (AvgIpc) is 2.44. The van der Waals surface area contributed by atoms with Crippen LogP contribution in [0.15, 0.2) is 24.3 Å². The lowest BCUT2D eigenvalue weighted by molar-refractivity contribution is -0.118. The Hall–Kier alpha value is -1.55. The maximum absolute atomic E-state index is 12.2. The first kappa shape index (κ1) is 14.9. The highest BCUT2D eigenvalue weighted by molar-refractivity contribution is 5.93. The Morgan fingerprint density at radius 1 is 1.40 bits per heavy atom. The number of benzene rings is 1. The van der Waals surface area contributed by atoms with Gasteiger partial charge in [-0.1, -0.05) is 18.6 Å². The standard InChI is InChI=1S/C16H24N2O2/c1-3-20-15-10-5-4-9-14(15)17-16(19)12-18-11-7-6-8-13(18)2/h4-5,9-10,13H,3,6-8,11-12H2,1-2H3,(H,17,19)/t13-/m1/s1. The number of nitrogens with one attached hydrogen (secondary N) is 1. The van der Waals surface area contributed by atoms with Crippen LogP contribution in [0.5, 0.6) is 5.75 Å². The first-order valence-electron chi connectivity index (χ1n) is 7.46. The fraction of sp³-hybridized carbons (Fsp3) is 0.562. The molecule has 1 amide bonds. The summed E-state index contributed by atoms with van der Waals surface area (Å²) in [6.07, 6.45) is 3.64. The van der Waals surface area contributed by atoms with Gasteiger partial charge in [0, 0.05) is 6.04 Å². The number of rotatable bonds is 5. The first-order chi connectivity index (χ1) is 9.70. The number of anilines is 1. The van der Waals surface area contributed by atoms with E-state index in [0.717, 1.165) is 18.0 Å². The van der Waals surface area contributed by atoms with Gasteiger partial charge in [0.25, 0.3) is 0 Å². The number of ether oxygens (including phenoxy) is 1. The normalized spacial score (nSPS) is 19.6. The van der Waals surface area contributed by atoms with E-state index in [2.05, 4.69) is 17.1 Å². The van der Waals surface area contributed by atoms with Crippen molar-refractivity contribution in [3.05, 3.63) is 24.3 Å². The van der Waals surface area contributed by atoms with E-state index >= 15 is 0 Å². The van der Waals surface area contributed by atoms with Gasteiger partial charge in [-0.2, -0.15) is 0 Å². The number of amides is 1. The van der Waals surface area contributed by atoms with Gasteiger partial charge in [-0.3, -0.25) is 9.69 Å². The Kier molecular flexibility index (Phi) is 5.41. The molecule has 0 saturated carbocycles. The van der Waals surface area contributed by atoms with E-state index in [1.807, 2.05) is 31.2 Å². The molecule has 0 aliphatic carbocycles. The average molecular weight is 276 g/mol. The van der Waals surface area contributed by atoms with Gasteiger partial charge in [0.2, 0.25) is 5.91 Å². The molecule has 1 aliphatic rings. The van der Waals surface area contributed by atoms with Gasteiger partial charge < -0.3 is 10.1 Å². The molecule has 0 spiro atoms. The highest BCUT2D eigenvalue weighted by Crippen LogP contribution is 2.24. The zero-order valence-electron chi connectivity index (χ0n) is 12.4. The highest BCUT2D eigenvalue weighted by Gasteiger charge is 2.20. The van der Waals surface area contributed by atoms with Crippen molar-refractivity contribution in [1.29, 1.82) is 0 Å². The Bertz CT molecular complexity index is 448. The minimum atomic E-state index is 0.0332. The van der Waals surface area contributed by atoms with E-state index in [1.54, 1.807) is 0 Å². The number of hydrogen-bond donors (Lipinski definition) is 1. The highest BCUT2D eigenvalue weighted by atomic mass is 16.5. The lowest BCUT2D eigenvalue weighted by atomic mass is 10.0. The van der Waals surface area contributed by atoms with Gasteiger partial charge in [-0.05, 0) is 45.4 Å². The third-order valence-corrected chi connectivity index (χ3v) is 3.75. The molecular weight excluding hydrogens is 252 g/mol. The molecule has 110 valence electrons. The first-order valence-corrected chi connectivity index (χ1v) is 7.46. The fourth-order valence-electron chi connectivity index (χ4n) is 2.62. The lowest BCUT2D eigenvalue weighted by Crippen LogP contribution is -2.42. The Balaban J connectivity index is 1.94. The van der Waals surface area contributed by atoms with Crippen LogP contribution < -0.4 is 10.1 Å². The van der Waals surface area contributed by atoms with Crippen molar-refractivity contribution in [2.75, 3.05) is 25.0 Å². The number of carbonyl (C=O) groups excluding carboxylic acids is 1. The number of para-hydroxylation sites is 2. The predicted molar refractivity (Wildman–Crippen MR) is 81.1 cm³/mol. The summed E-state index contributed by atoms with van der Waals surface area (Å²) < 4.78 is 5.52. The van der Waals surface area contributed by atoms with E-state index < -0.39 is 0 Å². The largest absolute Gasteiger partial charge is 0.492 e. The second-order valence-electron chi connectivity index (χ2n) is 5.29. The van der Waals surface area contributed by atoms with E-state index in [1.165, 1.54) is 19.3 Å². The molecule has 2 rings (SSSR count). The van der Waals surface area contributed by atoms with Gasteiger partial charge in [-0.15, -0.1) is 0 Å². The molecule has 0 bridgehead atoms. The van der Waals surface area contributed by atoms with Crippen molar-refractivity contribution in [2.45, 2.75) is 39.2 Å². The summed E-state index contributed by atoms with van der Waals surface area (Å²) in [5.41, 5.74) is 0.754. The van der Waals surface area contributed by atoms with Crippen LogP contribution in [-0.2, 0) is 4.79 Å². The van der Waals surface area contributed by atoms with Crippen molar-refractivity contribution >= 4 is 11.6 Å². The predicted octanol–water partition coefficient (Wildman–Crippen LogP) is 2.90. The quantitative estimate of drug-likeness (QED) is 0.899. The minimum absolute atomic E-state index is 0.0332. The third kappa shape index (κ3) is 3.97. The Morgan fingerprint density at radius 2 is 2.20 bits per heavy atom. The van der Waals surface area contributed by atoms with Crippen molar-refractivity contribution in [3.63, 3.8) is 0 Å². The monoisotopic (exact) mass is 276 g/mol. The van der Waals surface area contributed by atoms with Crippen molar-refractivity contribution < 1.29 is 9.53 Å². The molecule has 0 radical (unpaired) electrons. The van der Waals surface area contributed by atoms with Crippen molar-refractivity contribution in [2.24, 2.45) is 0 Å². The van der Waals surface area contributed by atoms with Gasteiger partial charge in [-0.25, -0.2) is 0 Å². The molecular formula is C16H24N2O2. The molecule has 1 aromatic rings. The lowest BCUT2D eigenvalue weighted by Gasteiger charge is -2.32. The van der Waals surface area contributed by atoms with E-state index in [-0.39, 0.29) is 5.91 Å². The summed E-state index contributed by atoms with van der Waals surface area (Å²) in [6, 6.07) is 8.07. The topological polar surface area (TPSA) is 41.6 Å². The second-order valence-corrected chi connectivity index (χ2v) is 5.29. The van der Waals surface area contributed by atoms with Crippen LogP contribution in [0.1, 0.15) is 33.1 Å². The van der Waals surface area contributed by atoms with Crippen LogP contribution >= 0.6 is 0 Å². The van der Waals surface area contributed by atoms with Crippen molar-refractivity contribution in [3.8, 4) is 5.75 Å². The summed E-state index contributed by atoms with van der Waals surface area (Å²) in [7, 11) is 0. The van der Waals surface area contributed by atoms with E-state index in [4.69, 9.17) is 4.74 Å². The van der Waals surface area contributed by atoms with Gasteiger partial charge in [0.1, 0.15) is 5.75 Å². The van der Waals surface area contributed by atoms with Crippen LogP contribution in [0.4, 0.5) is 5.69 Å². The number of piperidine rings is 1. The summed E-state index contributed by atoms with van der Waals surface area (Å²) in [5, 5.41) is 2.96. The number of hydrogen-bond acceptors (Lipinski definition) is 3. The number of likely N-dealkylation sites (tertiary alicyclic amines) is 1. The molecule has 4 nitrogen and oxygen atoms in total. The maximum Gasteiger partial charge on any atom is 0.238 e. The smallest absolute Gasteiger partial charge is 0.238 e. The second kappa shape index (κ2) is 7.29. The van der Waals surface area contributed by atoms with Crippen LogP contribution in [0.3, 0.4) is 0 Å². The molecule has 1 aliphatic heterocycles. The van der Waals surface area contributed by atoms with Crippen LogP contribution in [0.2, 0.25) is 0 Å². The van der Waals surface area contributed by atoms with Crippen LogP contribution in [0, 0.1) is 0 Å². The van der Waals surface area contributed by atoms with Gasteiger partial charge in [0.15, 0.2) is 0 Å². The molecule has 0 aromatic heterocycles. The molecule has 1 atom stereocenters. The fourth-order valence-corrected chi connectivity index (χ4v) is 2.62. The molecule has 1 saturated heterocycles. The SMILES string of the molecule is CCOc1ccccc1NC(=O)CN1CCCC[C@H]1C. The molecule has 4 heteroatoms. The van der Waals surface area contributed by atoms with E-state index in [0.29, 0.717) is 19.2 Å². The summed E-state index contributed by atoms with van der Waals surface area (Å²) in [4.78, 5) is 14.4. The molecule has 0 unspecified atom stereocenters. The third-order valence-electron chi connectivity index (χ3n) is 3.75. The summed E-state index contributed by atoms with van der Waals surface area (Å²) in [5.74, 6) is 0.765. The maximum atomic E-state index is 12.2. The number of nitrogens with zero attached hydrogens (tertiary/aromatic N) is 1. The summed E-state index contributed by atoms with van der Waals surface area (Å²) in [6.45, 7) is 6.20. The summed E-state index contributed by atoms with van der Waals surface area (Å²) >= 11 is 0. The molecule has 1 aromatic carbocycles. The van der Waals surface area contributed by atoms with Crippen molar-refractivity contribution in [1.82, 2.24) is 4.90 Å². The van der Waals surface area contributed by atoms with Gasteiger partial charge in [0.05, 0.1) is 18.8 Å². The zero-order chi connectivity index (χ0) is 14.4.